The van der Waals surface area contributed by atoms with Gasteiger partial charge in [0, 0.05) is 5.39 Å². The Kier molecular flexibility index (Phi) is 2.83. The van der Waals surface area contributed by atoms with E-state index in [1.807, 2.05) is 25.5 Å². The van der Waals surface area contributed by atoms with Crippen LogP contribution in [-0.2, 0) is 16.0 Å². The zero-order valence-corrected chi connectivity index (χ0v) is 11.3. The van der Waals surface area contributed by atoms with Gasteiger partial charge in [0.05, 0.1) is 24.4 Å². The predicted molar refractivity (Wildman–Crippen MR) is 69.3 cm³/mol. The zero-order chi connectivity index (χ0) is 13.6. The second-order valence-corrected chi connectivity index (χ2v) is 5.38. The van der Waals surface area contributed by atoms with E-state index >= 15 is 0 Å². The lowest BCUT2D eigenvalue weighted by Crippen LogP contribution is -2.24. The number of benzene rings is 1. The van der Waals surface area contributed by atoms with Crippen LogP contribution in [0.5, 0.6) is 0 Å². The Morgan fingerprint density at radius 2 is 2.26 bits per heavy atom. The van der Waals surface area contributed by atoms with E-state index < -0.39 is 5.79 Å². The molecule has 0 spiro atoms. The van der Waals surface area contributed by atoms with E-state index in [1.54, 1.807) is 6.07 Å². The fourth-order valence-electron chi connectivity index (χ4n) is 2.50. The first-order chi connectivity index (χ1) is 8.94. The van der Waals surface area contributed by atoms with E-state index in [1.165, 1.54) is 12.1 Å². The highest BCUT2D eigenvalue weighted by atomic mass is 19.1. The topological polar surface area (TPSA) is 36.3 Å². The summed E-state index contributed by atoms with van der Waals surface area (Å²) in [6.45, 7) is 6.84. The normalized spacial score (nSPS) is 22.2. The molecule has 1 aliphatic heterocycles. The van der Waals surface area contributed by atoms with Crippen molar-refractivity contribution >= 4 is 10.9 Å². The van der Waals surface area contributed by atoms with Crippen LogP contribution in [0.2, 0.25) is 0 Å². The van der Waals surface area contributed by atoms with Gasteiger partial charge in [0.1, 0.15) is 11.9 Å². The van der Waals surface area contributed by atoms with Crippen molar-refractivity contribution in [3.63, 3.8) is 0 Å². The standard InChI is InChI=1S/C14H17FN2O2/c1-9-12-6-10(15)4-5-13(12)17(16-9)7-11-8-18-14(2,3)19-11/h4-6,11H,7-8H2,1-3H3. The molecule has 19 heavy (non-hydrogen) atoms. The Bertz CT molecular complexity index is 621. The number of aromatic nitrogens is 2. The van der Waals surface area contributed by atoms with Crippen molar-refractivity contribution in [1.29, 1.82) is 0 Å². The number of ether oxygens (including phenoxy) is 2. The van der Waals surface area contributed by atoms with Gasteiger partial charge < -0.3 is 9.47 Å². The molecular formula is C14H17FN2O2. The van der Waals surface area contributed by atoms with Crippen LogP contribution in [0, 0.1) is 12.7 Å². The van der Waals surface area contributed by atoms with Crippen LogP contribution in [0.4, 0.5) is 4.39 Å². The molecule has 1 unspecified atom stereocenters. The largest absolute Gasteiger partial charge is 0.348 e. The van der Waals surface area contributed by atoms with Gasteiger partial charge in [-0.05, 0) is 39.0 Å². The number of hydrogen-bond acceptors (Lipinski definition) is 3. The van der Waals surface area contributed by atoms with Crippen molar-refractivity contribution in [2.75, 3.05) is 6.61 Å². The van der Waals surface area contributed by atoms with E-state index in [-0.39, 0.29) is 11.9 Å². The molecule has 1 atom stereocenters. The zero-order valence-electron chi connectivity index (χ0n) is 11.3. The van der Waals surface area contributed by atoms with Crippen molar-refractivity contribution in [3.05, 3.63) is 29.7 Å². The van der Waals surface area contributed by atoms with Crippen LogP contribution in [0.15, 0.2) is 18.2 Å². The molecule has 1 saturated heterocycles. The van der Waals surface area contributed by atoms with E-state index in [0.717, 1.165) is 16.6 Å². The third-order valence-electron chi connectivity index (χ3n) is 3.34. The molecule has 5 heteroatoms. The monoisotopic (exact) mass is 264 g/mol. The lowest BCUT2D eigenvalue weighted by atomic mass is 10.2. The molecule has 0 N–H and O–H groups in total. The highest BCUT2D eigenvalue weighted by molar-refractivity contribution is 5.81. The smallest absolute Gasteiger partial charge is 0.163 e. The highest BCUT2D eigenvalue weighted by Gasteiger charge is 2.33. The molecule has 1 aliphatic rings. The number of halogens is 1. The Balaban J connectivity index is 1.90. The minimum Gasteiger partial charge on any atom is -0.348 e. The van der Waals surface area contributed by atoms with Gasteiger partial charge in [-0.15, -0.1) is 0 Å². The van der Waals surface area contributed by atoms with Gasteiger partial charge in [-0.1, -0.05) is 0 Å². The fraction of sp³-hybridized carbons (Fsp3) is 0.500. The average Bonchev–Trinajstić information content (AvgIpc) is 2.81. The maximum absolute atomic E-state index is 13.3. The minimum absolute atomic E-state index is 0.0254. The van der Waals surface area contributed by atoms with Gasteiger partial charge in [-0.25, -0.2) is 4.39 Å². The summed E-state index contributed by atoms with van der Waals surface area (Å²) in [5.41, 5.74) is 1.75. The van der Waals surface area contributed by atoms with Crippen LogP contribution < -0.4 is 0 Å². The maximum atomic E-state index is 13.3. The highest BCUT2D eigenvalue weighted by Crippen LogP contribution is 2.25. The molecule has 0 radical (unpaired) electrons. The molecule has 0 amide bonds. The van der Waals surface area contributed by atoms with Gasteiger partial charge >= 0.3 is 0 Å². The third kappa shape index (κ3) is 2.35. The van der Waals surface area contributed by atoms with Gasteiger partial charge in [0.2, 0.25) is 0 Å². The molecular weight excluding hydrogens is 247 g/mol. The summed E-state index contributed by atoms with van der Waals surface area (Å²) in [6.07, 6.45) is -0.0254. The average molecular weight is 264 g/mol. The van der Waals surface area contributed by atoms with Gasteiger partial charge in [0.15, 0.2) is 5.79 Å². The van der Waals surface area contributed by atoms with Crippen molar-refractivity contribution < 1.29 is 13.9 Å². The van der Waals surface area contributed by atoms with Gasteiger partial charge in [-0.2, -0.15) is 5.10 Å². The molecule has 4 nitrogen and oxygen atoms in total. The van der Waals surface area contributed by atoms with Crippen LogP contribution in [0.3, 0.4) is 0 Å². The third-order valence-corrected chi connectivity index (χ3v) is 3.34. The van der Waals surface area contributed by atoms with Crippen molar-refractivity contribution in [2.45, 2.75) is 39.2 Å². The molecule has 0 aliphatic carbocycles. The predicted octanol–water partition coefficient (Wildman–Crippen LogP) is 2.64. The Hall–Kier alpha value is -1.46. The summed E-state index contributed by atoms with van der Waals surface area (Å²) in [4.78, 5) is 0. The summed E-state index contributed by atoms with van der Waals surface area (Å²) in [7, 11) is 0. The number of fused-ring (bicyclic) bond motifs is 1. The minimum atomic E-state index is -0.533. The molecule has 102 valence electrons. The molecule has 0 bridgehead atoms. The van der Waals surface area contributed by atoms with Crippen molar-refractivity contribution in [2.24, 2.45) is 0 Å². The van der Waals surface area contributed by atoms with Gasteiger partial charge in [-0.3, -0.25) is 4.68 Å². The summed E-state index contributed by atoms with van der Waals surface area (Å²) >= 11 is 0. The Morgan fingerprint density at radius 3 is 2.95 bits per heavy atom. The van der Waals surface area contributed by atoms with E-state index in [4.69, 9.17) is 9.47 Å². The lowest BCUT2D eigenvalue weighted by Gasteiger charge is -2.17. The fourth-order valence-corrected chi connectivity index (χ4v) is 2.50. The number of hydrogen-bond donors (Lipinski definition) is 0. The summed E-state index contributed by atoms with van der Waals surface area (Å²) < 4.78 is 26.4. The number of aryl methyl sites for hydroxylation is 1. The van der Waals surface area contributed by atoms with Crippen LogP contribution >= 0.6 is 0 Å². The molecule has 3 rings (SSSR count). The Morgan fingerprint density at radius 1 is 1.47 bits per heavy atom. The SMILES string of the molecule is Cc1nn(CC2COC(C)(C)O2)c2ccc(F)cc12. The summed E-state index contributed by atoms with van der Waals surface area (Å²) in [5, 5.41) is 5.30. The first-order valence-electron chi connectivity index (χ1n) is 6.39. The number of rotatable bonds is 2. The van der Waals surface area contributed by atoms with Crippen LogP contribution in [0.25, 0.3) is 10.9 Å². The molecule has 1 aromatic carbocycles. The number of nitrogens with zero attached hydrogens (tertiary/aromatic N) is 2. The molecule has 1 fully saturated rings. The second-order valence-electron chi connectivity index (χ2n) is 5.38. The van der Waals surface area contributed by atoms with E-state index in [0.29, 0.717) is 13.2 Å². The molecule has 0 saturated carbocycles. The quantitative estimate of drug-likeness (QED) is 0.836. The Labute approximate surface area is 111 Å². The van der Waals surface area contributed by atoms with Crippen LogP contribution in [-0.4, -0.2) is 28.3 Å². The lowest BCUT2D eigenvalue weighted by molar-refractivity contribution is -0.139. The van der Waals surface area contributed by atoms with E-state index in [2.05, 4.69) is 5.10 Å². The molecule has 2 heterocycles. The first-order valence-corrected chi connectivity index (χ1v) is 6.39. The van der Waals surface area contributed by atoms with Crippen molar-refractivity contribution in [3.8, 4) is 0 Å². The second kappa shape index (κ2) is 4.28. The summed E-state index contributed by atoms with van der Waals surface area (Å²) in [5.74, 6) is -0.772. The van der Waals surface area contributed by atoms with Crippen molar-refractivity contribution in [1.82, 2.24) is 9.78 Å². The van der Waals surface area contributed by atoms with Gasteiger partial charge in [0.25, 0.3) is 0 Å². The molecule has 2 aromatic rings. The maximum Gasteiger partial charge on any atom is 0.163 e. The van der Waals surface area contributed by atoms with Crippen LogP contribution in [0.1, 0.15) is 19.5 Å². The summed E-state index contributed by atoms with van der Waals surface area (Å²) in [6, 6.07) is 4.73. The molecule has 1 aromatic heterocycles. The first kappa shape index (κ1) is 12.6. The van der Waals surface area contributed by atoms with E-state index in [9.17, 15) is 4.39 Å².